The highest BCUT2D eigenvalue weighted by molar-refractivity contribution is 6.06. The van der Waals surface area contributed by atoms with Crippen LogP contribution < -0.4 is 0 Å². The van der Waals surface area contributed by atoms with E-state index in [-0.39, 0.29) is 0 Å². The zero-order chi connectivity index (χ0) is 30.8. The number of hydrogen-bond donors (Lipinski definition) is 0. The van der Waals surface area contributed by atoms with Crippen molar-refractivity contribution >= 4 is 61.4 Å². The topological polar surface area (TPSA) is 35.1 Å². The smallest absolute Gasteiger partial charge is 0.146 e. The molecule has 4 nitrogen and oxygen atoms in total. The number of imidazole rings is 2. The second-order valence-electron chi connectivity index (χ2n) is 11.6. The van der Waals surface area contributed by atoms with Crippen molar-refractivity contribution in [2.75, 3.05) is 0 Å². The Bertz CT molecular complexity index is 2670. The van der Waals surface area contributed by atoms with Crippen LogP contribution in [-0.2, 0) is 0 Å². The van der Waals surface area contributed by atoms with Crippen LogP contribution in [0.5, 0.6) is 0 Å². The number of hydrogen-bond acceptors (Lipinski definition) is 2. The van der Waals surface area contributed by atoms with Crippen molar-refractivity contribution in [2.45, 2.75) is 0 Å². The maximum atomic E-state index is 5.07. The van der Waals surface area contributed by atoms with E-state index in [0.717, 1.165) is 77.9 Å². The molecule has 0 atom stereocenters. The summed E-state index contributed by atoms with van der Waals surface area (Å²) >= 11 is 0. The SMILES string of the molecule is C=Cc1c(C=C)n2c3ccccc3nc2c2cc(-c3ccc4cc(-c5nc6ccccc6n5-c5ccccc5)ccc4c3)ccc12. The van der Waals surface area contributed by atoms with Crippen LogP contribution >= 0.6 is 0 Å². The maximum absolute atomic E-state index is 5.07. The third-order valence-electron chi connectivity index (χ3n) is 9.03. The van der Waals surface area contributed by atoms with Crippen LogP contribution in [0.3, 0.4) is 0 Å². The fraction of sp³-hybridized carbons (Fsp3) is 0. The molecular weight excluding hydrogens is 560 g/mol. The van der Waals surface area contributed by atoms with Crippen LogP contribution in [0.2, 0.25) is 0 Å². The first-order valence-electron chi connectivity index (χ1n) is 15.4. The minimum atomic E-state index is 0.922. The first-order valence-corrected chi connectivity index (χ1v) is 15.4. The molecule has 9 aromatic rings. The van der Waals surface area contributed by atoms with Gasteiger partial charge in [-0.25, -0.2) is 9.97 Å². The molecule has 9 rings (SSSR count). The van der Waals surface area contributed by atoms with Crippen LogP contribution in [0.1, 0.15) is 11.3 Å². The Hall–Kier alpha value is -6.26. The predicted octanol–water partition coefficient (Wildman–Crippen LogP) is 10.8. The van der Waals surface area contributed by atoms with Gasteiger partial charge in [-0.3, -0.25) is 8.97 Å². The fourth-order valence-corrected chi connectivity index (χ4v) is 6.89. The third kappa shape index (κ3) is 3.87. The summed E-state index contributed by atoms with van der Waals surface area (Å²) in [6.45, 7) is 8.28. The van der Waals surface area contributed by atoms with Gasteiger partial charge in [-0.1, -0.05) is 98.1 Å². The Labute approximate surface area is 265 Å². The first kappa shape index (κ1) is 26.2. The van der Waals surface area contributed by atoms with Crippen molar-refractivity contribution in [1.82, 2.24) is 18.9 Å². The van der Waals surface area contributed by atoms with Gasteiger partial charge in [0.1, 0.15) is 11.5 Å². The van der Waals surface area contributed by atoms with E-state index in [1.54, 1.807) is 0 Å². The highest BCUT2D eigenvalue weighted by Gasteiger charge is 2.17. The Morgan fingerprint density at radius 1 is 0.522 bits per heavy atom. The average molecular weight is 589 g/mol. The molecule has 0 radical (unpaired) electrons. The molecule has 46 heavy (non-hydrogen) atoms. The number of rotatable bonds is 5. The number of para-hydroxylation sites is 5. The summed E-state index contributed by atoms with van der Waals surface area (Å²) in [5, 5.41) is 4.54. The van der Waals surface area contributed by atoms with E-state index < -0.39 is 0 Å². The van der Waals surface area contributed by atoms with Crippen molar-refractivity contribution in [3.8, 4) is 28.2 Å². The molecule has 216 valence electrons. The Kier molecular flexibility index (Phi) is 5.77. The summed E-state index contributed by atoms with van der Waals surface area (Å²) in [6.07, 6.45) is 3.82. The molecule has 0 aliphatic carbocycles. The van der Waals surface area contributed by atoms with Gasteiger partial charge in [-0.05, 0) is 88.0 Å². The summed E-state index contributed by atoms with van der Waals surface area (Å²) in [6, 6.07) is 47.0. The van der Waals surface area contributed by atoms with E-state index >= 15 is 0 Å². The minimum absolute atomic E-state index is 0.922. The lowest BCUT2D eigenvalue weighted by Crippen LogP contribution is -1.98. The van der Waals surface area contributed by atoms with Gasteiger partial charge in [0.2, 0.25) is 0 Å². The maximum Gasteiger partial charge on any atom is 0.146 e. The van der Waals surface area contributed by atoms with Crippen molar-refractivity contribution in [1.29, 1.82) is 0 Å². The van der Waals surface area contributed by atoms with Gasteiger partial charge in [-0.15, -0.1) is 0 Å². The van der Waals surface area contributed by atoms with Crippen LogP contribution in [0.15, 0.2) is 147 Å². The quantitative estimate of drug-likeness (QED) is 0.200. The van der Waals surface area contributed by atoms with Crippen LogP contribution in [-0.4, -0.2) is 18.9 Å². The van der Waals surface area contributed by atoms with Gasteiger partial charge in [0.25, 0.3) is 0 Å². The minimum Gasteiger partial charge on any atom is -0.292 e. The molecule has 6 aromatic carbocycles. The molecule has 0 N–H and O–H groups in total. The third-order valence-corrected chi connectivity index (χ3v) is 9.03. The van der Waals surface area contributed by atoms with E-state index in [1.807, 2.05) is 30.4 Å². The molecule has 3 heterocycles. The summed E-state index contributed by atoms with van der Waals surface area (Å²) in [5.74, 6) is 0.931. The van der Waals surface area contributed by atoms with Gasteiger partial charge in [-0.2, -0.15) is 0 Å². The molecule has 0 unspecified atom stereocenters. The van der Waals surface area contributed by atoms with Gasteiger partial charge in [0, 0.05) is 22.2 Å². The summed E-state index contributed by atoms with van der Waals surface area (Å²) in [5.41, 5.74) is 11.5. The normalized spacial score (nSPS) is 11.7. The van der Waals surface area contributed by atoms with E-state index in [2.05, 4.69) is 137 Å². The monoisotopic (exact) mass is 588 g/mol. The lowest BCUT2D eigenvalue weighted by molar-refractivity contribution is 1.10. The standard InChI is InChI=1S/C42H28N4/c1-3-33-34-23-22-30(26-35(34)42-44-37-15-9-11-17-40(37)46(42)38(33)4-2)28-18-19-29-25-31(21-20-27(29)24-28)41-43-36-14-8-10-16-39(36)45(41)32-12-6-5-7-13-32/h3-26H,1-2H2. The van der Waals surface area contributed by atoms with Gasteiger partial charge in [0.05, 0.1) is 27.8 Å². The summed E-state index contributed by atoms with van der Waals surface area (Å²) < 4.78 is 4.45. The highest BCUT2D eigenvalue weighted by Crippen LogP contribution is 2.36. The van der Waals surface area contributed by atoms with Crippen LogP contribution in [0.25, 0.3) is 89.6 Å². The largest absolute Gasteiger partial charge is 0.292 e. The van der Waals surface area contributed by atoms with Crippen molar-refractivity contribution < 1.29 is 0 Å². The number of fused-ring (bicyclic) bond motifs is 7. The number of aromatic nitrogens is 4. The molecule has 0 saturated carbocycles. The average Bonchev–Trinajstić information content (AvgIpc) is 3.70. The lowest BCUT2D eigenvalue weighted by Gasteiger charge is -2.14. The molecule has 0 fully saturated rings. The molecule has 0 bridgehead atoms. The molecule has 0 aliphatic rings. The fourth-order valence-electron chi connectivity index (χ4n) is 6.89. The molecule has 4 heteroatoms. The van der Waals surface area contributed by atoms with E-state index in [1.165, 1.54) is 10.8 Å². The molecule has 0 amide bonds. The molecule has 0 aliphatic heterocycles. The number of nitrogens with zero attached hydrogens (tertiary/aromatic N) is 4. The molecule has 0 saturated heterocycles. The van der Waals surface area contributed by atoms with Gasteiger partial charge in [0.15, 0.2) is 0 Å². The van der Waals surface area contributed by atoms with Crippen molar-refractivity contribution in [3.63, 3.8) is 0 Å². The zero-order valence-electron chi connectivity index (χ0n) is 25.1. The predicted molar refractivity (Wildman–Crippen MR) is 193 cm³/mol. The molecule has 3 aromatic heterocycles. The zero-order valence-corrected chi connectivity index (χ0v) is 25.1. The van der Waals surface area contributed by atoms with Gasteiger partial charge < -0.3 is 0 Å². The summed E-state index contributed by atoms with van der Waals surface area (Å²) in [7, 11) is 0. The van der Waals surface area contributed by atoms with Crippen LogP contribution in [0.4, 0.5) is 0 Å². The Morgan fingerprint density at radius 2 is 1.15 bits per heavy atom. The molecular formula is C42H28N4. The highest BCUT2D eigenvalue weighted by atomic mass is 15.1. The van der Waals surface area contributed by atoms with E-state index in [4.69, 9.17) is 9.97 Å². The van der Waals surface area contributed by atoms with Crippen molar-refractivity contribution in [2.24, 2.45) is 0 Å². The van der Waals surface area contributed by atoms with E-state index in [9.17, 15) is 0 Å². The van der Waals surface area contributed by atoms with Crippen molar-refractivity contribution in [3.05, 3.63) is 158 Å². The second-order valence-corrected chi connectivity index (χ2v) is 11.6. The summed E-state index contributed by atoms with van der Waals surface area (Å²) in [4.78, 5) is 10.1. The van der Waals surface area contributed by atoms with Gasteiger partial charge >= 0.3 is 0 Å². The Morgan fingerprint density at radius 3 is 1.91 bits per heavy atom. The van der Waals surface area contributed by atoms with Crippen LogP contribution in [0, 0.1) is 0 Å². The number of benzene rings is 6. The lowest BCUT2D eigenvalue weighted by atomic mass is 9.96. The first-order chi connectivity index (χ1) is 22.7. The molecule has 0 spiro atoms. The number of pyridine rings is 1. The van der Waals surface area contributed by atoms with E-state index in [0.29, 0.717) is 0 Å². The second kappa shape index (κ2) is 10.1. The Balaban J connectivity index is 1.19.